The summed E-state index contributed by atoms with van der Waals surface area (Å²) in [6.07, 6.45) is 4.98. The van der Waals surface area contributed by atoms with Crippen molar-refractivity contribution < 1.29 is 13.2 Å². The molecule has 126 valence electrons. The molecule has 4 nitrogen and oxygen atoms in total. The van der Waals surface area contributed by atoms with Crippen LogP contribution in [-0.2, 0) is 15.3 Å². The summed E-state index contributed by atoms with van der Waals surface area (Å²) in [4.78, 5) is 13.0. The van der Waals surface area contributed by atoms with Crippen molar-refractivity contribution in [3.8, 4) is 6.07 Å². The van der Waals surface area contributed by atoms with Gasteiger partial charge in [-0.1, -0.05) is 24.6 Å². The van der Waals surface area contributed by atoms with E-state index in [0.29, 0.717) is 31.2 Å². The zero-order valence-electron chi connectivity index (χ0n) is 13.6. The molecule has 2 atom stereocenters. The summed E-state index contributed by atoms with van der Waals surface area (Å²) in [7, 11) is -3.03. The van der Waals surface area contributed by atoms with Crippen LogP contribution in [0.1, 0.15) is 60.9 Å². The van der Waals surface area contributed by atoms with Crippen LogP contribution in [-0.4, -0.2) is 24.7 Å². The quantitative estimate of drug-likeness (QED) is 0.790. The first-order valence-electron chi connectivity index (χ1n) is 8.75. The first kappa shape index (κ1) is 15.8. The summed E-state index contributed by atoms with van der Waals surface area (Å²) in [5.74, 6) is -0.145. The third kappa shape index (κ3) is 2.39. The van der Waals surface area contributed by atoms with Crippen LogP contribution in [0.5, 0.6) is 0 Å². The number of nitrogens with zero attached hydrogens (tertiary/aromatic N) is 1. The van der Waals surface area contributed by atoms with Gasteiger partial charge in [0.25, 0.3) is 0 Å². The van der Waals surface area contributed by atoms with Crippen LogP contribution in [0, 0.1) is 17.2 Å². The lowest BCUT2D eigenvalue weighted by molar-refractivity contribution is 0.0894. The van der Waals surface area contributed by atoms with Crippen LogP contribution >= 0.6 is 0 Å². The van der Waals surface area contributed by atoms with E-state index in [4.69, 9.17) is 0 Å². The van der Waals surface area contributed by atoms with E-state index in [1.54, 1.807) is 6.07 Å². The van der Waals surface area contributed by atoms with Gasteiger partial charge >= 0.3 is 0 Å². The number of fused-ring (bicyclic) bond motifs is 2. The summed E-state index contributed by atoms with van der Waals surface area (Å²) in [6.45, 7) is 0. The van der Waals surface area contributed by atoms with Gasteiger partial charge in [-0.05, 0) is 50.2 Å². The number of benzene rings is 1. The zero-order chi connectivity index (χ0) is 16.9. The number of nitriles is 1. The van der Waals surface area contributed by atoms with E-state index in [-0.39, 0.29) is 22.2 Å². The second-order valence-electron chi connectivity index (χ2n) is 7.57. The Morgan fingerprint density at radius 2 is 1.83 bits per heavy atom. The zero-order valence-corrected chi connectivity index (χ0v) is 14.4. The molecule has 2 bridgehead atoms. The normalized spacial score (nSPS) is 32.5. The Hall–Kier alpha value is -1.67. The van der Waals surface area contributed by atoms with Crippen LogP contribution < -0.4 is 0 Å². The van der Waals surface area contributed by atoms with Gasteiger partial charge < -0.3 is 0 Å². The summed E-state index contributed by atoms with van der Waals surface area (Å²) >= 11 is 0. The third-order valence-corrected chi connectivity index (χ3v) is 8.83. The van der Waals surface area contributed by atoms with Gasteiger partial charge in [-0.25, -0.2) is 8.42 Å². The van der Waals surface area contributed by atoms with E-state index in [0.717, 1.165) is 24.8 Å². The Kier molecular flexibility index (Phi) is 3.58. The van der Waals surface area contributed by atoms with Crippen LogP contribution in [0.4, 0.5) is 0 Å². The predicted molar refractivity (Wildman–Crippen MR) is 90.4 cm³/mol. The highest BCUT2D eigenvalue weighted by molar-refractivity contribution is 7.92. The molecule has 2 aliphatic heterocycles. The highest BCUT2D eigenvalue weighted by Gasteiger charge is 2.47. The van der Waals surface area contributed by atoms with Crippen molar-refractivity contribution in [2.75, 3.05) is 0 Å². The largest absolute Gasteiger partial charge is 0.294 e. The molecular weight excluding hydrogens is 322 g/mol. The van der Waals surface area contributed by atoms with E-state index in [9.17, 15) is 18.5 Å². The number of hydrogen-bond donors (Lipinski definition) is 0. The Morgan fingerprint density at radius 3 is 2.42 bits per heavy atom. The minimum absolute atomic E-state index is 0.0531. The maximum atomic E-state index is 13.0. The van der Waals surface area contributed by atoms with Crippen molar-refractivity contribution in [1.29, 1.82) is 5.26 Å². The average Bonchev–Trinajstić information content (AvgIpc) is 3.34. The van der Waals surface area contributed by atoms with E-state index in [2.05, 4.69) is 6.07 Å². The van der Waals surface area contributed by atoms with Gasteiger partial charge in [0.15, 0.2) is 15.6 Å². The molecule has 2 heterocycles. The minimum Gasteiger partial charge on any atom is -0.294 e. The topological polar surface area (TPSA) is 75.0 Å². The van der Waals surface area contributed by atoms with Crippen LogP contribution in [0.2, 0.25) is 0 Å². The molecule has 0 N–H and O–H groups in total. The number of sulfone groups is 1. The number of hydrogen-bond acceptors (Lipinski definition) is 4. The molecule has 0 amide bonds. The first-order valence-corrected chi connectivity index (χ1v) is 10.4. The Morgan fingerprint density at radius 1 is 1.17 bits per heavy atom. The minimum atomic E-state index is -3.03. The predicted octanol–water partition coefficient (Wildman–Crippen LogP) is 3.17. The van der Waals surface area contributed by atoms with E-state index in [1.807, 2.05) is 18.2 Å². The molecule has 1 aliphatic carbocycles. The van der Waals surface area contributed by atoms with Crippen LogP contribution in [0.3, 0.4) is 0 Å². The van der Waals surface area contributed by atoms with Crippen molar-refractivity contribution in [3.63, 3.8) is 0 Å². The molecule has 3 fully saturated rings. The Labute approximate surface area is 142 Å². The van der Waals surface area contributed by atoms with E-state index in [1.165, 1.54) is 0 Å². The molecule has 3 aliphatic rings. The molecule has 0 radical (unpaired) electrons. The fraction of sp³-hybridized carbons (Fsp3) is 0.579. The highest BCUT2D eigenvalue weighted by atomic mass is 32.2. The smallest absolute Gasteiger partial charge is 0.166 e. The lowest BCUT2D eigenvalue weighted by atomic mass is 9.83. The van der Waals surface area contributed by atoms with Gasteiger partial charge in [0.2, 0.25) is 0 Å². The van der Waals surface area contributed by atoms with Gasteiger partial charge in [-0.2, -0.15) is 5.26 Å². The lowest BCUT2D eigenvalue weighted by Gasteiger charge is -2.38. The molecule has 4 rings (SSSR count). The molecular formula is C19H21NO3S. The van der Waals surface area contributed by atoms with Crippen LogP contribution in [0.15, 0.2) is 24.3 Å². The molecule has 0 aromatic heterocycles. The highest BCUT2D eigenvalue weighted by Crippen LogP contribution is 2.48. The van der Waals surface area contributed by atoms with Crippen molar-refractivity contribution in [1.82, 2.24) is 0 Å². The van der Waals surface area contributed by atoms with E-state index < -0.39 is 15.3 Å². The lowest BCUT2D eigenvalue weighted by Crippen LogP contribution is -2.45. The maximum absolute atomic E-state index is 13.0. The van der Waals surface area contributed by atoms with Crippen molar-refractivity contribution >= 4 is 15.6 Å². The monoisotopic (exact) mass is 343 g/mol. The maximum Gasteiger partial charge on any atom is 0.166 e. The molecule has 2 unspecified atom stereocenters. The molecule has 5 heteroatoms. The van der Waals surface area contributed by atoms with Crippen LogP contribution in [0.25, 0.3) is 0 Å². The Bertz CT molecular complexity index is 812. The fourth-order valence-corrected chi connectivity index (χ4v) is 6.95. The molecule has 1 aromatic carbocycles. The second kappa shape index (κ2) is 5.42. The van der Waals surface area contributed by atoms with Crippen molar-refractivity contribution in [2.24, 2.45) is 5.92 Å². The standard InChI is InChI=1S/C19H21NO3S/c20-12-19(7-8-19)15-4-1-3-13(9-15)18(21)14-10-16-5-2-6-17(11-14)24(16,22)23/h1,3-4,9,14,16-17H,2,5-8,10-11H2. The van der Waals surface area contributed by atoms with Crippen molar-refractivity contribution in [3.05, 3.63) is 35.4 Å². The number of carbonyl (C=O) groups is 1. The summed E-state index contributed by atoms with van der Waals surface area (Å²) < 4.78 is 24.8. The molecule has 2 saturated heterocycles. The molecule has 1 aromatic rings. The number of ketones is 1. The summed E-state index contributed by atoms with van der Waals surface area (Å²) in [5.41, 5.74) is 1.17. The third-order valence-electron chi connectivity index (χ3n) is 6.11. The number of Topliss-reactive ketones (excluding diaryl/α,β-unsaturated/α-hetero) is 1. The fourth-order valence-electron chi connectivity index (χ4n) is 4.42. The molecule has 1 saturated carbocycles. The number of carbonyl (C=O) groups excluding carboxylic acids is 1. The molecule has 0 spiro atoms. The van der Waals surface area contributed by atoms with Gasteiger partial charge in [0, 0.05) is 11.5 Å². The summed E-state index contributed by atoms with van der Waals surface area (Å²) in [5, 5.41) is 8.68. The number of rotatable bonds is 3. The Balaban J connectivity index is 1.59. The van der Waals surface area contributed by atoms with Crippen molar-refractivity contribution in [2.45, 2.75) is 60.9 Å². The first-order chi connectivity index (χ1) is 11.5. The van der Waals surface area contributed by atoms with Gasteiger partial charge in [0.05, 0.1) is 22.0 Å². The molecule has 24 heavy (non-hydrogen) atoms. The SMILES string of the molecule is N#CC1(c2cccc(C(=O)C3CC4CCCC(C3)S4(=O)=O)c2)CC1. The summed E-state index contributed by atoms with van der Waals surface area (Å²) in [6, 6.07) is 9.80. The van der Waals surface area contributed by atoms with Gasteiger partial charge in [-0.3, -0.25) is 4.79 Å². The van der Waals surface area contributed by atoms with E-state index >= 15 is 0 Å². The second-order valence-corrected chi connectivity index (χ2v) is 10.1. The average molecular weight is 343 g/mol. The van der Waals surface area contributed by atoms with Gasteiger partial charge in [0.1, 0.15) is 0 Å². The van der Waals surface area contributed by atoms with Gasteiger partial charge in [-0.15, -0.1) is 0 Å².